The summed E-state index contributed by atoms with van der Waals surface area (Å²) in [6.45, 7) is 0. The highest BCUT2D eigenvalue weighted by Gasteiger charge is 1.96. The lowest BCUT2D eigenvalue weighted by Crippen LogP contribution is -1.86. The van der Waals surface area contributed by atoms with Gasteiger partial charge < -0.3 is 5.11 Å². The average molecular weight is 198 g/mol. The van der Waals surface area contributed by atoms with Crippen molar-refractivity contribution in [3.63, 3.8) is 0 Å². The first-order valence-corrected chi connectivity index (χ1v) is 4.66. The van der Waals surface area contributed by atoms with Crippen LogP contribution in [0.25, 0.3) is 16.8 Å². The molecule has 0 heterocycles. The lowest BCUT2D eigenvalue weighted by molar-refractivity contribution is -0.131. The van der Waals surface area contributed by atoms with Crippen molar-refractivity contribution in [3.05, 3.63) is 54.1 Å². The minimum Gasteiger partial charge on any atom is -0.478 e. The Kier molecular flexibility index (Phi) is 2.50. The molecule has 0 aliphatic rings. The molecule has 2 nitrogen and oxygen atoms in total. The van der Waals surface area contributed by atoms with Crippen molar-refractivity contribution >= 4 is 22.8 Å². The number of hydrogen-bond donors (Lipinski definition) is 1. The van der Waals surface area contributed by atoms with Gasteiger partial charge in [0, 0.05) is 6.08 Å². The molecule has 0 aromatic heterocycles. The molecule has 0 radical (unpaired) electrons. The normalized spacial score (nSPS) is 10.9. The van der Waals surface area contributed by atoms with Gasteiger partial charge in [-0.1, -0.05) is 42.5 Å². The number of carboxylic acid groups (broad SMARTS) is 1. The second kappa shape index (κ2) is 3.96. The maximum absolute atomic E-state index is 10.4. The lowest BCUT2D eigenvalue weighted by Gasteiger charge is -2.00. The second-order valence-corrected chi connectivity index (χ2v) is 3.24. The van der Waals surface area contributed by atoms with E-state index in [9.17, 15) is 4.79 Å². The number of carboxylic acids is 1. The molecule has 0 aliphatic heterocycles. The van der Waals surface area contributed by atoms with Gasteiger partial charge in [-0.2, -0.15) is 0 Å². The van der Waals surface area contributed by atoms with Gasteiger partial charge in [-0.25, -0.2) is 4.79 Å². The summed E-state index contributed by atoms with van der Waals surface area (Å²) in [4.78, 5) is 10.4. The number of benzene rings is 2. The zero-order chi connectivity index (χ0) is 10.7. The van der Waals surface area contributed by atoms with Gasteiger partial charge in [0.25, 0.3) is 0 Å². The van der Waals surface area contributed by atoms with Gasteiger partial charge in [-0.3, -0.25) is 0 Å². The van der Waals surface area contributed by atoms with E-state index in [2.05, 4.69) is 0 Å². The van der Waals surface area contributed by atoms with E-state index < -0.39 is 5.97 Å². The Bertz CT molecular complexity index is 522. The van der Waals surface area contributed by atoms with Crippen LogP contribution < -0.4 is 0 Å². The molecule has 0 unspecified atom stereocenters. The molecule has 0 saturated carbocycles. The van der Waals surface area contributed by atoms with Gasteiger partial charge in [0.1, 0.15) is 0 Å². The first kappa shape index (κ1) is 9.46. The molecule has 0 spiro atoms. The van der Waals surface area contributed by atoms with Crippen LogP contribution in [-0.2, 0) is 4.79 Å². The highest BCUT2D eigenvalue weighted by atomic mass is 16.4. The average Bonchev–Trinajstić information content (AvgIpc) is 2.26. The Balaban J connectivity index is 2.56. The number of hydrogen-bond acceptors (Lipinski definition) is 1. The van der Waals surface area contributed by atoms with Crippen molar-refractivity contribution in [2.45, 2.75) is 0 Å². The van der Waals surface area contributed by atoms with E-state index in [1.54, 1.807) is 6.08 Å². The smallest absolute Gasteiger partial charge is 0.328 e. The molecule has 2 rings (SSSR count). The Morgan fingerprint density at radius 3 is 2.60 bits per heavy atom. The quantitative estimate of drug-likeness (QED) is 0.753. The third-order valence-electron chi connectivity index (χ3n) is 2.23. The van der Waals surface area contributed by atoms with Crippen LogP contribution in [0.15, 0.2) is 48.5 Å². The summed E-state index contributed by atoms with van der Waals surface area (Å²) in [5, 5.41) is 10.7. The maximum atomic E-state index is 10.4. The fourth-order valence-corrected chi connectivity index (χ4v) is 1.56. The Morgan fingerprint density at radius 2 is 1.80 bits per heavy atom. The monoisotopic (exact) mass is 198 g/mol. The fraction of sp³-hybridized carbons (Fsp3) is 0. The van der Waals surface area contributed by atoms with E-state index in [0.717, 1.165) is 22.4 Å². The molecule has 1 N–H and O–H groups in total. The van der Waals surface area contributed by atoms with Gasteiger partial charge in [0.15, 0.2) is 0 Å². The molecular weight excluding hydrogens is 188 g/mol. The molecule has 0 saturated heterocycles. The molecule has 0 amide bonds. The van der Waals surface area contributed by atoms with Crippen LogP contribution in [0.1, 0.15) is 5.56 Å². The fourth-order valence-electron chi connectivity index (χ4n) is 1.56. The Labute approximate surface area is 87.5 Å². The third-order valence-corrected chi connectivity index (χ3v) is 2.23. The van der Waals surface area contributed by atoms with Crippen molar-refractivity contribution in [1.82, 2.24) is 0 Å². The maximum Gasteiger partial charge on any atom is 0.328 e. The predicted molar refractivity (Wildman–Crippen MR) is 60.6 cm³/mol. The van der Waals surface area contributed by atoms with E-state index in [1.165, 1.54) is 0 Å². The number of aliphatic carboxylic acids is 1. The largest absolute Gasteiger partial charge is 0.478 e. The molecule has 0 bridgehead atoms. The number of rotatable bonds is 2. The summed E-state index contributed by atoms with van der Waals surface area (Å²) in [5.74, 6) is -0.928. The summed E-state index contributed by atoms with van der Waals surface area (Å²) < 4.78 is 0. The molecule has 2 aromatic rings. The SMILES string of the molecule is O=C(O)/C=C\c1cccc2ccccc12. The summed E-state index contributed by atoms with van der Waals surface area (Å²) in [6.07, 6.45) is 2.77. The highest BCUT2D eigenvalue weighted by molar-refractivity contribution is 5.94. The van der Waals surface area contributed by atoms with Crippen molar-refractivity contribution in [2.75, 3.05) is 0 Å². The van der Waals surface area contributed by atoms with E-state index in [-0.39, 0.29) is 0 Å². The molecule has 0 fully saturated rings. The summed E-state index contributed by atoms with van der Waals surface area (Å²) >= 11 is 0. The van der Waals surface area contributed by atoms with Gasteiger partial charge in [-0.05, 0) is 22.4 Å². The zero-order valence-electron chi connectivity index (χ0n) is 8.05. The van der Waals surface area contributed by atoms with Gasteiger partial charge in [-0.15, -0.1) is 0 Å². The van der Waals surface area contributed by atoms with Crippen molar-refractivity contribution in [3.8, 4) is 0 Å². The van der Waals surface area contributed by atoms with E-state index in [0.29, 0.717) is 0 Å². The van der Waals surface area contributed by atoms with Crippen LogP contribution in [0.2, 0.25) is 0 Å². The van der Waals surface area contributed by atoms with Crippen LogP contribution in [0, 0.1) is 0 Å². The highest BCUT2D eigenvalue weighted by Crippen LogP contribution is 2.19. The molecule has 74 valence electrons. The van der Waals surface area contributed by atoms with Crippen molar-refractivity contribution in [1.29, 1.82) is 0 Å². The Morgan fingerprint density at radius 1 is 1.07 bits per heavy atom. The molecule has 0 atom stereocenters. The first-order chi connectivity index (χ1) is 7.27. The van der Waals surface area contributed by atoms with E-state index >= 15 is 0 Å². The van der Waals surface area contributed by atoms with E-state index in [1.807, 2.05) is 42.5 Å². The van der Waals surface area contributed by atoms with Crippen LogP contribution in [0.5, 0.6) is 0 Å². The standard InChI is InChI=1S/C13H10O2/c14-13(15)9-8-11-6-3-5-10-4-1-2-7-12(10)11/h1-9H,(H,14,15)/b9-8-. The van der Waals surface area contributed by atoms with Crippen LogP contribution in [-0.4, -0.2) is 11.1 Å². The van der Waals surface area contributed by atoms with Gasteiger partial charge in [0.2, 0.25) is 0 Å². The number of carbonyl (C=O) groups is 1. The second-order valence-electron chi connectivity index (χ2n) is 3.24. The predicted octanol–water partition coefficient (Wildman–Crippen LogP) is 2.94. The summed E-state index contributed by atoms with van der Waals surface area (Å²) in [6, 6.07) is 13.7. The number of fused-ring (bicyclic) bond motifs is 1. The van der Waals surface area contributed by atoms with Crippen LogP contribution >= 0.6 is 0 Å². The minimum atomic E-state index is -0.928. The van der Waals surface area contributed by atoms with Crippen molar-refractivity contribution < 1.29 is 9.90 Å². The molecule has 2 aromatic carbocycles. The van der Waals surface area contributed by atoms with Gasteiger partial charge >= 0.3 is 5.97 Å². The first-order valence-electron chi connectivity index (χ1n) is 4.66. The summed E-state index contributed by atoms with van der Waals surface area (Å²) in [7, 11) is 0. The Hall–Kier alpha value is -2.09. The molecule has 0 aliphatic carbocycles. The van der Waals surface area contributed by atoms with Crippen LogP contribution in [0.4, 0.5) is 0 Å². The molecule has 2 heteroatoms. The molecular formula is C13H10O2. The minimum absolute atomic E-state index is 0.926. The third kappa shape index (κ3) is 2.05. The topological polar surface area (TPSA) is 37.3 Å². The zero-order valence-corrected chi connectivity index (χ0v) is 8.05. The van der Waals surface area contributed by atoms with Crippen LogP contribution in [0.3, 0.4) is 0 Å². The van der Waals surface area contributed by atoms with Crippen molar-refractivity contribution in [2.24, 2.45) is 0 Å². The molecule has 15 heavy (non-hydrogen) atoms. The lowest BCUT2D eigenvalue weighted by atomic mass is 10.0. The summed E-state index contributed by atoms with van der Waals surface area (Å²) in [5.41, 5.74) is 0.926. The van der Waals surface area contributed by atoms with E-state index in [4.69, 9.17) is 5.11 Å². The van der Waals surface area contributed by atoms with Gasteiger partial charge in [0.05, 0.1) is 0 Å².